The first-order valence-corrected chi connectivity index (χ1v) is 7.22. The van der Waals surface area contributed by atoms with E-state index >= 15 is 0 Å². The number of nitrogens with zero attached hydrogens (tertiary/aromatic N) is 1. The van der Waals surface area contributed by atoms with Gasteiger partial charge in [0.25, 0.3) is 0 Å². The van der Waals surface area contributed by atoms with Crippen molar-refractivity contribution in [3.05, 3.63) is 33.8 Å². The lowest BCUT2D eigenvalue weighted by molar-refractivity contribution is 0.316. The number of likely N-dealkylation sites (N-methyl/N-ethyl adjacent to an activating group) is 1. The molecule has 4 heteroatoms. The average Bonchev–Trinajstić information content (AvgIpc) is 3.16. The van der Waals surface area contributed by atoms with Crippen molar-refractivity contribution in [2.24, 2.45) is 0 Å². The third-order valence-electron chi connectivity index (χ3n) is 3.53. The number of hydrogen-bond acceptors (Lipinski definition) is 2. The number of halogens is 2. The summed E-state index contributed by atoms with van der Waals surface area (Å²) in [5, 5.41) is 4.75. The molecular formula is C14H20Cl2N2. The Bertz CT molecular complexity index is 405. The van der Waals surface area contributed by atoms with Crippen LogP contribution in [0.15, 0.2) is 18.2 Å². The summed E-state index contributed by atoms with van der Waals surface area (Å²) in [6, 6.07) is 6.94. The predicted molar refractivity (Wildman–Crippen MR) is 78.5 cm³/mol. The molecule has 2 rings (SSSR count). The molecule has 100 valence electrons. The third-order valence-corrected chi connectivity index (χ3v) is 4.27. The van der Waals surface area contributed by atoms with Crippen molar-refractivity contribution in [3.8, 4) is 0 Å². The predicted octanol–water partition coefficient (Wildman–Crippen LogP) is 3.74. The summed E-state index contributed by atoms with van der Waals surface area (Å²) in [7, 11) is 2.20. The molecular weight excluding hydrogens is 267 g/mol. The molecule has 18 heavy (non-hydrogen) atoms. The van der Waals surface area contributed by atoms with Crippen molar-refractivity contribution >= 4 is 23.2 Å². The first-order chi connectivity index (χ1) is 8.58. The van der Waals surface area contributed by atoms with Gasteiger partial charge in [-0.1, -0.05) is 29.3 Å². The van der Waals surface area contributed by atoms with E-state index in [-0.39, 0.29) is 0 Å². The van der Waals surface area contributed by atoms with Gasteiger partial charge in [-0.25, -0.2) is 0 Å². The topological polar surface area (TPSA) is 15.3 Å². The van der Waals surface area contributed by atoms with E-state index in [4.69, 9.17) is 23.2 Å². The number of hydrogen-bond donors (Lipinski definition) is 1. The van der Waals surface area contributed by atoms with Crippen LogP contribution in [-0.4, -0.2) is 31.1 Å². The van der Waals surface area contributed by atoms with Gasteiger partial charge in [0.05, 0.1) is 10.0 Å². The highest BCUT2D eigenvalue weighted by Gasteiger charge is 2.25. The van der Waals surface area contributed by atoms with Crippen LogP contribution in [-0.2, 0) is 0 Å². The summed E-state index contributed by atoms with van der Waals surface area (Å²) in [6.07, 6.45) is 2.72. The Morgan fingerprint density at radius 2 is 2.06 bits per heavy atom. The van der Waals surface area contributed by atoms with E-state index in [2.05, 4.69) is 24.2 Å². The lowest BCUT2D eigenvalue weighted by Crippen LogP contribution is -2.31. The first kappa shape index (κ1) is 14.1. The molecule has 1 aromatic carbocycles. The van der Waals surface area contributed by atoms with Gasteiger partial charge in [-0.05, 0) is 44.5 Å². The van der Waals surface area contributed by atoms with E-state index in [9.17, 15) is 0 Å². The second kappa shape index (κ2) is 6.25. The van der Waals surface area contributed by atoms with Crippen LogP contribution in [0.2, 0.25) is 10.0 Å². The largest absolute Gasteiger partial charge is 0.309 e. The van der Waals surface area contributed by atoms with Gasteiger partial charge in [-0.2, -0.15) is 0 Å². The van der Waals surface area contributed by atoms with E-state index < -0.39 is 0 Å². The molecule has 1 saturated carbocycles. The monoisotopic (exact) mass is 286 g/mol. The molecule has 0 amide bonds. The van der Waals surface area contributed by atoms with Crippen molar-refractivity contribution < 1.29 is 0 Å². The molecule has 1 N–H and O–H groups in total. The molecule has 0 saturated heterocycles. The molecule has 0 heterocycles. The number of rotatable bonds is 6. The highest BCUT2D eigenvalue weighted by Crippen LogP contribution is 2.26. The molecule has 0 aromatic heterocycles. The Kier molecular flexibility index (Phi) is 4.91. The minimum Gasteiger partial charge on any atom is -0.309 e. The zero-order valence-corrected chi connectivity index (χ0v) is 12.4. The second-order valence-corrected chi connectivity index (χ2v) is 5.88. The van der Waals surface area contributed by atoms with Crippen molar-refractivity contribution in [1.82, 2.24) is 10.2 Å². The van der Waals surface area contributed by atoms with Crippen LogP contribution in [0.3, 0.4) is 0 Å². The minimum absolute atomic E-state index is 0.298. The van der Waals surface area contributed by atoms with Gasteiger partial charge in [0.2, 0.25) is 0 Å². The van der Waals surface area contributed by atoms with Crippen LogP contribution in [0, 0.1) is 0 Å². The molecule has 2 nitrogen and oxygen atoms in total. The van der Waals surface area contributed by atoms with Crippen LogP contribution in [0.25, 0.3) is 0 Å². The van der Waals surface area contributed by atoms with Gasteiger partial charge >= 0.3 is 0 Å². The summed E-state index contributed by atoms with van der Waals surface area (Å²) < 4.78 is 0. The van der Waals surface area contributed by atoms with Crippen LogP contribution < -0.4 is 5.32 Å². The van der Waals surface area contributed by atoms with E-state index in [1.165, 1.54) is 18.4 Å². The van der Waals surface area contributed by atoms with Gasteiger partial charge in [0.1, 0.15) is 0 Å². The normalized spacial score (nSPS) is 17.2. The Morgan fingerprint density at radius 3 is 2.67 bits per heavy atom. The SMILES string of the molecule is CC(NCCN(C)C1CC1)c1ccc(Cl)c(Cl)c1. The lowest BCUT2D eigenvalue weighted by atomic mass is 10.1. The van der Waals surface area contributed by atoms with Crippen LogP contribution in [0.1, 0.15) is 31.4 Å². The Balaban J connectivity index is 1.79. The molecule has 0 aliphatic heterocycles. The molecule has 1 fully saturated rings. The maximum Gasteiger partial charge on any atom is 0.0595 e. The summed E-state index contributed by atoms with van der Waals surface area (Å²) >= 11 is 11.9. The molecule has 1 aliphatic carbocycles. The fraction of sp³-hybridized carbons (Fsp3) is 0.571. The van der Waals surface area contributed by atoms with Crippen molar-refractivity contribution in [1.29, 1.82) is 0 Å². The Hall–Kier alpha value is -0.280. The number of nitrogens with one attached hydrogen (secondary N) is 1. The molecule has 1 aliphatic rings. The van der Waals surface area contributed by atoms with E-state index in [0.29, 0.717) is 16.1 Å². The average molecular weight is 287 g/mol. The fourth-order valence-electron chi connectivity index (χ4n) is 2.05. The van der Waals surface area contributed by atoms with Gasteiger partial charge in [0.15, 0.2) is 0 Å². The third kappa shape index (κ3) is 3.86. The van der Waals surface area contributed by atoms with Crippen molar-refractivity contribution in [2.45, 2.75) is 31.8 Å². The second-order valence-electron chi connectivity index (χ2n) is 5.06. The molecule has 1 aromatic rings. The van der Waals surface area contributed by atoms with Crippen molar-refractivity contribution in [3.63, 3.8) is 0 Å². The van der Waals surface area contributed by atoms with Gasteiger partial charge in [-0.3, -0.25) is 0 Å². The van der Waals surface area contributed by atoms with E-state index in [1.807, 2.05) is 18.2 Å². The van der Waals surface area contributed by atoms with E-state index in [0.717, 1.165) is 19.1 Å². The Morgan fingerprint density at radius 1 is 1.33 bits per heavy atom. The molecule has 1 unspecified atom stereocenters. The highest BCUT2D eigenvalue weighted by molar-refractivity contribution is 6.42. The van der Waals surface area contributed by atoms with E-state index in [1.54, 1.807) is 0 Å². The van der Waals surface area contributed by atoms with Crippen molar-refractivity contribution in [2.75, 3.05) is 20.1 Å². The minimum atomic E-state index is 0.298. The standard InChI is InChI=1S/C14H20Cl2N2/c1-10(11-3-6-13(15)14(16)9-11)17-7-8-18(2)12-4-5-12/h3,6,9-10,12,17H,4-5,7-8H2,1-2H3. The molecule has 0 radical (unpaired) electrons. The maximum atomic E-state index is 6.02. The Labute approximate surface area is 119 Å². The van der Waals surface area contributed by atoms with Gasteiger partial charge in [0, 0.05) is 25.2 Å². The van der Waals surface area contributed by atoms with Crippen LogP contribution >= 0.6 is 23.2 Å². The van der Waals surface area contributed by atoms with Gasteiger partial charge in [-0.15, -0.1) is 0 Å². The highest BCUT2D eigenvalue weighted by atomic mass is 35.5. The summed E-state index contributed by atoms with van der Waals surface area (Å²) in [6.45, 7) is 4.24. The quantitative estimate of drug-likeness (QED) is 0.857. The smallest absolute Gasteiger partial charge is 0.0595 e. The molecule has 0 bridgehead atoms. The van der Waals surface area contributed by atoms with Crippen LogP contribution in [0.5, 0.6) is 0 Å². The first-order valence-electron chi connectivity index (χ1n) is 6.46. The molecule has 1 atom stereocenters. The summed E-state index contributed by atoms with van der Waals surface area (Å²) in [5.74, 6) is 0. The number of benzene rings is 1. The zero-order chi connectivity index (χ0) is 13.1. The fourth-order valence-corrected chi connectivity index (χ4v) is 2.36. The summed E-state index contributed by atoms with van der Waals surface area (Å²) in [4.78, 5) is 2.43. The zero-order valence-electron chi connectivity index (χ0n) is 10.9. The molecule has 0 spiro atoms. The van der Waals surface area contributed by atoms with Gasteiger partial charge < -0.3 is 10.2 Å². The van der Waals surface area contributed by atoms with Crippen LogP contribution in [0.4, 0.5) is 0 Å². The maximum absolute atomic E-state index is 6.02. The lowest BCUT2D eigenvalue weighted by Gasteiger charge is -2.19. The summed E-state index contributed by atoms with van der Waals surface area (Å²) in [5.41, 5.74) is 1.18.